The minimum absolute atomic E-state index is 0.109. The smallest absolute Gasteiger partial charge is 0.265 e. The van der Waals surface area contributed by atoms with Gasteiger partial charge in [-0.2, -0.15) is 0 Å². The third-order valence-corrected chi connectivity index (χ3v) is 6.41. The van der Waals surface area contributed by atoms with Crippen molar-refractivity contribution in [3.8, 4) is 5.75 Å². The number of benzene rings is 3. The number of ether oxygens (including phenoxy) is 1. The van der Waals surface area contributed by atoms with Crippen molar-refractivity contribution in [2.24, 2.45) is 0 Å². The van der Waals surface area contributed by atoms with E-state index in [1.165, 1.54) is 29.8 Å². The maximum atomic E-state index is 13.2. The van der Waals surface area contributed by atoms with Crippen LogP contribution in [0.1, 0.15) is 55.0 Å². The Kier molecular flexibility index (Phi) is 7.49. The molecular weight excluding hydrogens is 443 g/mol. The average molecular weight is 475 g/mol. The number of carbonyl (C=O) groups excluding carboxylic acids is 2. The summed E-state index contributed by atoms with van der Waals surface area (Å²) in [5.74, 6) is 0.0270. The molecule has 3 aromatic rings. The summed E-state index contributed by atoms with van der Waals surface area (Å²) >= 11 is 0. The van der Waals surface area contributed by atoms with Crippen LogP contribution in [0.25, 0.3) is 0 Å². The first-order valence-electron chi connectivity index (χ1n) is 12.1. The van der Waals surface area contributed by atoms with E-state index in [0.717, 1.165) is 23.1 Å². The minimum Gasteiger partial charge on any atom is -0.481 e. The number of anilines is 1. The molecule has 1 aliphatic rings. The molecule has 0 radical (unpaired) electrons. The molecule has 182 valence electrons. The van der Waals surface area contributed by atoms with Crippen molar-refractivity contribution in [3.63, 3.8) is 0 Å². The van der Waals surface area contributed by atoms with Crippen LogP contribution >= 0.6 is 0 Å². The summed E-state index contributed by atoms with van der Waals surface area (Å²) in [6, 6.07) is 19.6. The van der Waals surface area contributed by atoms with Crippen LogP contribution in [0.15, 0.2) is 66.7 Å². The highest BCUT2D eigenvalue weighted by molar-refractivity contribution is 5.94. The lowest BCUT2D eigenvalue weighted by atomic mass is 9.87. The van der Waals surface area contributed by atoms with Gasteiger partial charge in [0, 0.05) is 18.7 Å². The van der Waals surface area contributed by atoms with E-state index < -0.39 is 6.10 Å². The summed E-state index contributed by atoms with van der Waals surface area (Å²) in [6.45, 7) is 6.47. The fourth-order valence-electron chi connectivity index (χ4n) is 4.49. The van der Waals surface area contributed by atoms with Gasteiger partial charge in [0.05, 0.1) is 6.04 Å². The van der Waals surface area contributed by atoms with Crippen molar-refractivity contribution in [1.82, 2.24) is 4.90 Å². The largest absolute Gasteiger partial charge is 0.481 e. The van der Waals surface area contributed by atoms with Gasteiger partial charge in [-0.05, 0) is 72.9 Å². The van der Waals surface area contributed by atoms with E-state index >= 15 is 0 Å². The van der Waals surface area contributed by atoms with Crippen LogP contribution in [0.5, 0.6) is 5.75 Å². The average Bonchev–Trinajstić information content (AvgIpc) is 2.87. The maximum absolute atomic E-state index is 13.2. The first-order chi connectivity index (χ1) is 16.9. The number of hydrogen-bond donors (Lipinski definition) is 1. The lowest BCUT2D eigenvalue weighted by Gasteiger charge is -2.38. The monoisotopic (exact) mass is 474 g/mol. The number of amides is 2. The second-order valence-corrected chi connectivity index (χ2v) is 8.88. The molecule has 6 heteroatoms. The third-order valence-electron chi connectivity index (χ3n) is 6.41. The van der Waals surface area contributed by atoms with Crippen LogP contribution in [0.3, 0.4) is 0 Å². The van der Waals surface area contributed by atoms with Gasteiger partial charge < -0.3 is 15.0 Å². The Balaban J connectivity index is 1.61. The highest BCUT2D eigenvalue weighted by Gasteiger charge is 2.32. The highest BCUT2D eigenvalue weighted by Crippen LogP contribution is 2.38. The second kappa shape index (κ2) is 10.7. The van der Waals surface area contributed by atoms with Gasteiger partial charge in [-0.15, -0.1) is 0 Å². The molecule has 2 amide bonds. The predicted molar refractivity (Wildman–Crippen MR) is 135 cm³/mol. The van der Waals surface area contributed by atoms with Crippen molar-refractivity contribution >= 4 is 17.5 Å². The topological polar surface area (TPSA) is 58.6 Å². The molecule has 1 N–H and O–H groups in total. The Morgan fingerprint density at radius 3 is 2.43 bits per heavy atom. The number of rotatable bonds is 7. The third kappa shape index (κ3) is 5.53. The maximum Gasteiger partial charge on any atom is 0.265 e. The normalized spacial score (nSPS) is 15.8. The van der Waals surface area contributed by atoms with Crippen LogP contribution in [-0.4, -0.2) is 29.4 Å². The summed E-state index contributed by atoms with van der Waals surface area (Å²) in [7, 11) is 0. The summed E-state index contributed by atoms with van der Waals surface area (Å²) < 4.78 is 19.3. The first-order valence-corrected chi connectivity index (χ1v) is 12.1. The summed E-state index contributed by atoms with van der Waals surface area (Å²) in [5, 5.41) is 2.79. The van der Waals surface area contributed by atoms with Crippen molar-refractivity contribution in [2.45, 2.75) is 52.2 Å². The molecule has 2 atom stereocenters. The zero-order chi connectivity index (χ0) is 24.9. The van der Waals surface area contributed by atoms with E-state index in [4.69, 9.17) is 4.74 Å². The number of fused-ring (bicyclic) bond motifs is 1. The zero-order valence-corrected chi connectivity index (χ0v) is 20.4. The first kappa shape index (κ1) is 24.5. The molecule has 0 saturated carbocycles. The highest BCUT2D eigenvalue weighted by atomic mass is 19.1. The molecular formula is C29H31FN2O3. The van der Waals surface area contributed by atoms with Crippen molar-refractivity contribution in [3.05, 3.63) is 94.8 Å². The minimum atomic E-state index is -0.715. The standard InChI is InChI=1S/C29H31FN2O3/c1-4-26(29(34)31-23-13-11-22(30)12-14-23)35-24-15-10-20-16-17-32(27(33)5-2)28(25(20)18-24)21-8-6-19(3)7-9-21/h6-15,18,26,28H,4-5,16-17H2,1-3H3,(H,31,34)/t26-,28-/m0/s1. The van der Waals surface area contributed by atoms with Gasteiger partial charge in [-0.25, -0.2) is 4.39 Å². The molecule has 4 rings (SSSR count). The Labute approximate surface area is 205 Å². The van der Waals surface area contributed by atoms with E-state index in [-0.39, 0.29) is 23.7 Å². The van der Waals surface area contributed by atoms with Gasteiger partial charge in [-0.3, -0.25) is 9.59 Å². The lowest BCUT2D eigenvalue weighted by molar-refractivity contribution is -0.133. The summed E-state index contributed by atoms with van der Waals surface area (Å²) in [5.41, 5.74) is 4.92. The van der Waals surface area contributed by atoms with Crippen molar-refractivity contribution < 1.29 is 18.7 Å². The van der Waals surface area contributed by atoms with Gasteiger partial charge in [0.25, 0.3) is 5.91 Å². The van der Waals surface area contributed by atoms with Crippen LogP contribution in [0, 0.1) is 12.7 Å². The second-order valence-electron chi connectivity index (χ2n) is 8.88. The number of hydrogen-bond acceptors (Lipinski definition) is 3. The van der Waals surface area contributed by atoms with E-state index in [1.807, 2.05) is 43.9 Å². The Hall–Kier alpha value is -3.67. The number of nitrogens with zero attached hydrogens (tertiary/aromatic N) is 1. The summed E-state index contributed by atoms with van der Waals surface area (Å²) in [6.07, 6.45) is 0.959. The van der Waals surface area contributed by atoms with E-state index in [1.54, 1.807) is 0 Å². The molecule has 0 aliphatic carbocycles. The molecule has 0 unspecified atom stereocenters. The molecule has 35 heavy (non-hydrogen) atoms. The predicted octanol–water partition coefficient (Wildman–Crippen LogP) is 5.81. The summed E-state index contributed by atoms with van der Waals surface area (Å²) in [4.78, 5) is 27.6. The number of nitrogens with one attached hydrogen (secondary N) is 1. The van der Waals surface area contributed by atoms with E-state index in [0.29, 0.717) is 30.8 Å². The number of halogens is 1. The fraction of sp³-hybridized carbons (Fsp3) is 0.310. The van der Waals surface area contributed by atoms with Crippen molar-refractivity contribution in [1.29, 1.82) is 0 Å². The van der Waals surface area contributed by atoms with Gasteiger partial charge >= 0.3 is 0 Å². The van der Waals surface area contributed by atoms with Gasteiger partial charge in [-0.1, -0.05) is 49.7 Å². The van der Waals surface area contributed by atoms with E-state index in [2.05, 4.69) is 29.6 Å². The van der Waals surface area contributed by atoms with Gasteiger partial charge in [0.2, 0.25) is 5.91 Å². The molecule has 1 aliphatic heterocycles. The Morgan fingerprint density at radius 1 is 1.06 bits per heavy atom. The quantitative estimate of drug-likeness (QED) is 0.470. The van der Waals surface area contributed by atoms with Crippen LogP contribution in [-0.2, 0) is 16.0 Å². The van der Waals surface area contributed by atoms with Crippen LogP contribution in [0.4, 0.5) is 10.1 Å². The Bertz CT molecular complexity index is 1190. The fourth-order valence-corrected chi connectivity index (χ4v) is 4.49. The van der Waals surface area contributed by atoms with Gasteiger partial charge in [0.1, 0.15) is 11.6 Å². The Morgan fingerprint density at radius 2 is 1.77 bits per heavy atom. The molecule has 0 spiro atoms. The lowest BCUT2D eigenvalue weighted by Crippen LogP contribution is -2.40. The number of aryl methyl sites for hydroxylation is 1. The SMILES string of the molecule is CCC(=O)N1CCc2ccc(O[C@@H](CC)C(=O)Nc3ccc(F)cc3)cc2[C@@H]1c1ccc(C)cc1. The molecule has 1 heterocycles. The molecule has 0 aromatic heterocycles. The van der Waals surface area contributed by atoms with E-state index in [9.17, 15) is 14.0 Å². The molecule has 0 fully saturated rings. The molecule has 0 saturated heterocycles. The number of carbonyl (C=O) groups is 2. The molecule has 3 aromatic carbocycles. The van der Waals surface area contributed by atoms with Crippen LogP contribution in [0.2, 0.25) is 0 Å². The zero-order valence-electron chi connectivity index (χ0n) is 20.4. The van der Waals surface area contributed by atoms with Gasteiger partial charge in [0.15, 0.2) is 6.10 Å². The van der Waals surface area contributed by atoms with Crippen LogP contribution < -0.4 is 10.1 Å². The van der Waals surface area contributed by atoms with Crippen molar-refractivity contribution in [2.75, 3.05) is 11.9 Å². The molecule has 5 nitrogen and oxygen atoms in total. The molecule has 0 bridgehead atoms.